The van der Waals surface area contributed by atoms with Crippen molar-refractivity contribution in [2.75, 3.05) is 14.2 Å². The Bertz CT molecular complexity index is 1150. The van der Waals surface area contributed by atoms with Gasteiger partial charge in [-0.2, -0.15) is 0 Å². The maximum absolute atomic E-state index is 13.1. The summed E-state index contributed by atoms with van der Waals surface area (Å²) in [5.74, 6) is 0.135. The number of fused-ring (bicyclic) bond motifs is 1. The number of hydrogen-bond acceptors (Lipinski definition) is 7. The van der Waals surface area contributed by atoms with Gasteiger partial charge < -0.3 is 23.7 Å². The van der Waals surface area contributed by atoms with E-state index in [4.69, 9.17) is 18.6 Å². The zero-order valence-electron chi connectivity index (χ0n) is 20.0. The Labute approximate surface area is 199 Å². The molecule has 1 heterocycles. The number of esters is 1. The molecule has 0 bridgehead atoms. The third-order valence-electron chi connectivity index (χ3n) is 5.79. The Kier molecular flexibility index (Phi) is 8.96. The topological polar surface area (TPSA) is 95.2 Å². The van der Waals surface area contributed by atoms with Crippen LogP contribution in [-0.4, -0.2) is 31.4 Å². The summed E-state index contributed by atoms with van der Waals surface area (Å²) < 4.78 is 21.6. The molecule has 1 atom stereocenters. The molecule has 0 fully saturated rings. The van der Waals surface area contributed by atoms with Crippen molar-refractivity contribution in [2.45, 2.75) is 58.0 Å². The van der Waals surface area contributed by atoms with Crippen LogP contribution in [0.25, 0.3) is 22.1 Å². The number of phenolic OH excluding ortho intramolecular Hbond substituents is 1. The number of carbonyl (C=O) groups excluding carboxylic acids is 1. The second-order valence-corrected chi connectivity index (χ2v) is 8.21. The molecule has 0 spiro atoms. The molecule has 0 aliphatic heterocycles. The van der Waals surface area contributed by atoms with Crippen molar-refractivity contribution in [1.82, 2.24) is 0 Å². The first-order valence-corrected chi connectivity index (χ1v) is 11.7. The van der Waals surface area contributed by atoms with Crippen molar-refractivity contribution in [3.8, 4) is 28.4 Å². The SMILES string of the molecule is CCCCCCCCC(Oc1cc(O)c2c(=O)c(-c3ccc(OC)cc3)coc2c1)C(=O)OC. The van der Waals surface area contributed by atoms with Gasteiger partial charge in [0.1, 0.15) is 34.5 Å². The molecule has 0 amide bonds. The van der Waals surface area contributed by atoms with E-state index in [0.29, 0.717) is 23.3 Å². The largest absolute Gasteiger partial charge is 0.507 e. The van der Waals surface area contributed by atoms with Crippen molar-refractivity contribution >= 4 is 16.9 Å². The lowest BCUT2D eigenvalue weighted by molar-refractivity contribution is -0.149. The van der Waals surface area contributed by atoms with Gasteiger partial charge in [-0.1, -0.05) is 51.2 Å². The Morgan fingerprint density at radius 1 is 1.00 bits per heavy atom. The lowest BCUT2D eigenvalue weighted by atomic mass is 10.0. The average Bonchev–Trinajstić information content (AvgIpc) is 2.85. The van der Waals surface area contributed by atoms with Gasteiger partial charge in [0.15, 0.2) is 6.10 Å². The van der Waals surface area contributed by atoms with Gasteiger partial charge in [-0.25, -0.2) is 4.79 Å². The fraction of sp³-hybridized carbons (Fsp3) is 0.407. The number of aromatic hydroxyl groups is 1. The van der Waals surface area contributed by atoms with E-state index in [1.54, 1.807) is 31.4 Å². The van der Waals surface area contributed by atoms with Crippen LogP contribution in [0, 0.1) is 0 Å². The van der Waals surface area contributed by atoms with E-state index in [1.807, 2.05) is 0 Å². The Morgan fingerprint density at radius 2 is 1.71 bits per heavy atom. The Balaban J connectivity index is 1.81. The van der Waals surface area contributed by atoms with Crippen molar-refractivity contribution in [3.63, 3.8) is 0 Å². The van der Waals surface area contributed by atoms with Gasteiger partial charge in [-0.15, -0.1) is 0 Å². The lowest BCUT2D eigenvalue weighted by Gasteiger charge is -2.17. The number of rotatable bonds is 12. The highest BCUT2D eigenvalue weighted by molar-refractivity contribution is 5.88. The van der Waals surface area contributed by atoms with Crippen molar-refractivity contribution in [3.05, 3.63) is 52.9 Å². The van der Waals surface area contributed by atoms with Gasteiger partial charge in [0.05, 0.1) is 19.8 Å². The molecule has 0 aliphatic carbocycles. The van der Waals surface area contributed by atoms with Crippen LogP contribution < -0.4 is 14.9 Å². The fourth-order valence-corrected chi connectivity index (χ4v) is 3.88. The van der Waals surface area contributed by atoms with E-state index in [1.165, 1.54) is 44.8 Å². The first-order valence-electron chi connectivity index (χ1n) is 11.7. The molecule has 7 heteroatoms. The molecular weight excluding hydrogens is 436 g/mol. The smallest absolute Gasteiger partial charge is 0.347 e. The second kappa shape index (κ2) is 12.1. The van der Waals surface area contributed by atoms with E-state index >= 15 is 0 Å². The highest BCUT2D eigenvalue weighted by Gasteiger charge is 2.22. The Hall–Kier alpha value is -3.48. The van der Waals surface area contributed by atoms with E-state index in [2.05, 4.69) is 6.92 Å². The number of methoxy groups -OCH3 is 2. The summed E-state index contributed by atoms with van der Waals surface area (Å²) in [5.41, 5.74) is 0.753. The third kappa shape index (κ3) is 6.10. The minimum atomic E-state index is -0.807. The highest BCUT2D eigenvalue weighted by atomic mass is 16.6. The molecule has 3 rings (SSSR count). The summed E-state index contributed by atoms with van der Waals surface area (Å²) in [6.07, 6.45) is 7.54. The van der Waals surface area contributed by atoms with Crippen LogP contribution in [-0.2, 0) is 9.53 Å². The highest BCUT2D eigenvalue weighted by Crippen LogP contribution is 2.31. The lowest BCUT2D eigenvalue weighted by Crippen LogP contribution is -2.28. The first-order chi connectivity index (χ1) is 16.5. The summed E-state index contributed by atoms with van der Waals surface area (Å²) in [7, 11) is 2.88. The van der Waals surface area contributed by atoms with E-state index < -0.39 is 12.1 Å². The maximum Gasteiger partial charge on any atom is 0.347 e. The minimum absolute atomic E-state index is 0.0474. The summed E-state index contributed by atoms with van der Waals surface area (Å²) in [6.45, 7) is 2.17. The zero-order chi connectivity index (χ0) is 24.5. The molecule has 1 aromatic heterocycles. The van der Waals surface area contributed by atoms with Crippen molar-refractivity contribution in [2.24, 2.45) is 0 Å². The van der Waals surface area contributed by atoms with Crippen molar-refractivity contribution in [1.29, 1.82) is 0 Å². The molecule has 1 N–H and O–H groups in total. The molecular formula is C27H32O7. The van der Waals surface area contributed by atoms with Gasteiger partial charge in [0, 0.05) is 12.1 Å². The molecule has 0 radical (unpaired) electrons. The molecule has 34 heavy (non-hydrogen) atoms. The zero-order valence-corrected chi connectivity index (χ0v) is 20.0. The number of ether oxygens (including phenoxy) is 3. The van der Waals surface area contributed by atoms with Crippen LogP contribution >= 0.6 is 0 Å². The summed E-state index contributed by atoms with van der Waals surface area (Å²) >= 11 is 0. The van der Waals surface area contributed by atoms with E-state index in [9.17, 15) is 14.7 Å². The standard InChI is InChI=1S/C27H32O7/c1-4-5-6-7-8-9-10-23(27(30)32-3)34-20-15-22(28)25-24(16-20)33-17-21(26(25)29)18-11-13-19(31-2)14-12-18/h11-17,23,28H,4-10H2,1-3H3. The molecule has 7 nitrogen and oxygen atoms in total. The molecule has 1 unspecified atom stereocenters. The van der Waals surface area contributed by atoms with Crippen LogP contribution in [0.15, 0.2) is 51.9 Å². The molecule has 3 aromatic rings. The maximum atomic E-state index is 13.1. The number of hydrogen-bond donors (Lipinski definition) is 1. The van der Waals surface area contributed by atoms with Gasteiger partial charge in [-0.05, 0) is 30.5 Å². The van der Waals surface area contributed by atoms with Crippen LogP contribution in [0.1, 0.15) is 51.9 Å². The van der Waals surface area contributed by atoms with Crippen molar-refractivity contribution < 1.29 is 28.5 Å². The Morgan fingerprint density at radius 3 is 2.38 bits per heavy atom. The fourth-order valence-electron chi connectivity index (χ4n) is 3.88. The normalized spacial score (nSPS) is 11.9. The monoisotopic (exact) mass is 468 g/mol. The minimum Gasteiger partial charge on any atom is -0.507 e. The molecule has 182 valence electrons. The first kappa shape index (κ1) is 25.1. The number of phenols is 1. The molecule has 0 saturated heterocycles. The van der Waals surface area contributed by atoms with Gasteiger partial charge >= 0.3 is 5.97 Å². The number of unbranched alkanes of at least 4 members (excludes halogenated alkanes) is 5. The quantitative estimate of drug-likeness (QED) is 0.263. The molecule has 2 aromatic carbocycles. The van der Waals surface area contributed by atoms with Gasteiger partial charge in [0.2, 0.25) is 5.43 Å². The van der Waals surface area contributed by atoms with Gasteiger partial charge in [0.25, 0.3) is 0 Å². The predicted molar refractivity (Wildman–Crippen MR) is 131 cm³/mol. The van der Waals surface area contributed by atoms with Crippen LogP contribution in [0.5, 0.6) is 17.2 Å². The number of carbonyl (C=O) groups is 1. The third-order valence-corrected chi connectivity index (χ3v) is 5.79. The van der Waals surface area contributed by atoms with E-state index in [-0.39, 0.29) is 27.9 Å². The van der Waals surface area contributed by atoms with Crippen LogP contribution in [0.3, 0.4) is 0 Å². The predicted octanol–water partition coefficient (Wildman–Crippen LogP) is 5.85. The summed E-state index contributed by atoms with van der Waals surface area (Å²) in [4.78, 5) is 25.3. The summed E-state index contributed by atoms with van der Waals surface area (Å²) in [5, 5.41) is 10.7. The molecule has 0 saturated carbocycles. The van der Waals surface area contributed by atoms with E-state index in [0.717, 1.165) is 19.3 Å². The van der Waals surface area contributed by atoms with Crippen LogP contribution in [0.2, 0.25) is 0 Å². The van der Waals surface area contributed by atoms with Crippen LogP contribution in [0.4, 0.5) is 0 Å². The average molecular weight is 469 g/mol. The number of benzene rings is 2. The second-order valence-electron chi connectivity index (χ2n) is 8.21. The molecule has 0 aliphatic rings. The summed E-state index contributed by atoms with van der Waals surface area (Å²) in [6, 6.07) is 9.81. The van der Waals surface area contributed by atoms with Gasteiger partial charge in [-0.3, -0.25) is 4.79 Å².